The van der Waals surface area contributed by atoms with E-state index in [0.717, 1.165) is 16.5 Å². The van der Waals surface area contributed by atoms with Crippen LogP contribution in [0, 0.1) is 0 Å². The highest BCUT2D eigenvalue weighted by Crippen LogP contribution is 2.35. The standard InChI is InChI=1S/C26H26N4O5/c1-3-30-13-19(24(31)18-10-22-23(11-21(18)30)35-14-34-22)26(33)29-15(2)25(32)27-9-8-16-12-28-20-7-5-4-6-17(16)20/h4-7,10-13,15,28H,3,8-9,14H2,1-2H3,(H,27,32)(H,29,33)/t15-/m0/s1. The van der Waals surface area contributed by atoms with Crippen molar-refractivity contribution < 1.29 is 19.1 Å². The third-order valence-electron chi connectivity index (χ3n) is 6.27. The number of carbonyl (C=O) groups is 2. The van der Waals surface area contributed by atoms with Crippen LogP contribution in [0.4, 0.5) is 0 Å². The van der Waals surface area contributed by atoms with E-state index in [4.69, 9.17) is 9.47 Å². The normalized spacial score (nSPS) is 13.2. The Morgan fingerprint density at radius 1 is 1.14 bits per heavy atom. The Labute approximate surface area is 201 Å². The van der Waals surface area contributed by atoms with Crippen molar-refractivity contribution in [3.8, 4) is 11.5 Å². The molecule has 0 aliphatic carbocycles. The fourth-order valence-electron chi connectivity index (χ4n) is 4.36. The number of hydrogen-bond donors (Lipinski definition) is 3. The number of fused-ring (bicyclic) bond motifs is 3. The molecule has 9 nitrogen and oxygen atoms in total. The predicted octanol–water partition coefficient (Wildman–Crippen LogP) is 2.71. The molecule has 0 fully saturated rings. The average molecular weight is 475 g/mol. The van der Waals surface area contributed by atoms with Gasteiger partial charge in [-0.1, -0.05) is 18.2 Å². The molecular formula is C26H26N4O5. The Bertz CT molecular complexity index is 1500. The van der Waals surface area contributed by atoms with Gasteiger partial charge in [-0.15, -0.1) is 0 Å². The van der Waals surface area contributed by atoms with Crippen LogP contribution >= 0.6 is 0 Å². The smallest absolute Gasteiger partial charge is 0.257 e. The van der Waals surface area contributed by atoms with E-state index < -0.39 is 17.4 Å². The molecule has 1 aliphatic heterocycles. The topological polar surface area (TPSA) is 114 Å². The first-order valence-electron chi connectivity index (χ1n) is 11.6. The number of aromatic amines is 1. The molecule has 2 aromatic carbocycles. The van der Waals surface area contributed by atoms with E-state index in [2.05, 4.69) is 15.6 Å². The van der Waals surface area contributed by atoms with Crippen molar-refractivity contribution in [1.82, 2.24) is 20.2 Å². The quantitative estimate of drug-likeness (QED) is 0.381. The van der Waals surface area contributed by atoms with Crippen molar-refractivity contribution in [2.75, 3.05) is 13.3 Å². The van der Waals surface area contributed by atoms with Crippen LogP contribution in [0.5, 0.6) is 11.5 Å². The summed E-state index contributed by atoms with van der Waals surface area (Å²) in [7, 11) is 0. The van der Waals surface area contributed by atoms with Gasteiger partial charge in [0.2, 0.25) is 18.1 Å². The molecule has 0 saturated heterocycles. The Balaban J connectivity index is 1.27. The molecule has 1 aliphatic rings. The van der Waals surface area contributed by atoms with Gasteiger partial charge in [-0.25, -0.2) is 0 Å². The summed E-state index contributed by atoms with van der Waals surface area (Å²) in [6, 6.07) is 10.5. The second-order valence-electron chi connectivity index (χ2n) is 8.48. The van der Waals surface area contributed by atoms with Crippen LogP contribution in [-0.2, 0) is 17.8 Å². The fourth-order valence-corrected chi connectivity index (χ4v) is 4.36. The maximum Gasteiger partial charge on any atom is 0.257 e. The molecule has 1 atom stereocenters. The number of amides is 2. The molecule has 0 bridgehead atoms. The molecule has 0 unspecified atom stereocenters. The van der Waals surface area contributed by atoms with Crippen molar-refractivity contribution in [2.45, 2.75) is 32.9 Å². The predicted molar refractivity (Wildman–Crippen MR) is 132 cm³/mol. The minimum atomic E-state index is -0.813. The number of pyridine rings is 1. The molecule has 180 valence electrons. The molecular weight excluding hydrogens is 448 g/mol. The average Bonchev–Trinajstić information content (AvgIpc) is 3.50. The highest BCUT2D eigenvalue weighted by molar-refractivity contribution is 6.00. The fraction of sp³-hybridized carbons (Fsp3) is 0.269. The minimum absolute atomic E-state index is 0.0309. The minimum Gasteiger partial charge on any atom is -0.454 e. The zero-order valence-electron chi connectivity index (χ0n) is 19.5. The van der Waals surface area contributed by atoms with Crippen LogP contribution in [0.2, 0.25) is 0 Å². The van der Waals surface area contributed by atoms with Crippen LogP contribution in [-0.4, -0.2) is 40.7 Å². The van der Waals surface area contributed by atoms with Gasteiger partial charge in [0.1, 0.15) is 11.6 Å². The van der Waals surface area contributed by atoms with Gasteiger partial charge in [0, 0.05) is 42.5 Å². The Hall–Kier alpha value is -4.27. The van der Waals surface area contributed by atoms with Gasteiger partial charge in [0.05, 0.1) is 10.9 Å². The highest BCUT2D eigenvalue weighted by atomic mass is 16.7. The monoisotopic (exact) mass is 474 g/mol. The number of H-pyrrole nitrogens is 1. The van der Waals surface area contributed by atoms with E-state index in [-0.39, 0.29) is 18.3 Å². The summed E-state index contributed by atoms with van der Waals surface area (Å²) in [5, 5.41) is 6.99. The number of hydrogen-bond acceptors (Lipinski definition) is 5. The zero-order valence-corrected chi connectivity index (χ0v) is 19.5. The number of nitrogens with one attached hydrogen (secondary N) is 3. The van der Waals surface area contributed by atoms with E-state index in [1.165, 1.54) is 6.20 Å². The van der Waals surface area contributed by atoms with Crippen LogP contribution in [0.15, 0.2) is 53.6 Å². The van der Waals surface area contributed by atoms with E-state index in [1.54, 1.807) is 23.6 Å². The van der Waals surface area contributed by atoms with E-state index in [1.807, 2.05) is 37.4 Å². The van der Waals surface area contributed by atoms with Crippen molar-refractivity contribution in [1.29, 1.82) is 0 Å². The van der Waals surface area contributed by atoms with Gasteiger partial charge in [0.15, 0.2) is 11.5 Å². The Morgan fingerprint density at radius 3 is 2.71 bits per heavy atom. The number of aromatic nitrogens is 2. The number of nitrogens with zero attached hydrogens (tertiary/aromatic N) is 1. The molecule has 0 radical (unpaired) electrons. The first kappa shape index (κ1) is 22.5. The van der Waals surface area contributed by atoms with Crippen LogP contribution in [0.25, 0.3) is 21.8 Å². The molecule has 3 heterocycles. The lowest BCUT2D eigenvalue weighted by molar-refractivity contribution is -0.122. The number of aryl methyl sites for hydroxylation is 1. The number of rotatable bonds is 7. The van der Waals surface area contributed by atoms with Gasteiger partial charge in [-0.05, 0) is 38.0 Å². The number of benzene rings is 2. The zero-order chi connectivity index (χ0) is 24.5. The first-order valence-corrected chi connectivity index (χ1v) is 11.6. The van der Waals surface area contributed by atoms with Gasteiger partial charge in [-0.3, -0.25) is 14.4 Å². The summed E-state index contributed by atoms with van der Waals surface area (Å²) in [6.45, 7) is 4.57. The molecule has 9 heteroatoms. The molecule has 0 saturated carbocycles. The summed E-state index contributed by atoms with van der Waals surface area (Å²) in [6.07, 6.45) is 4.11. The van der Waals surface area contributed by atoms with Crippen LogP contribution < -0.4 is 25.5 Å². The highest BCUT2D eigenvalue weighted by Gasteiger charge is 2.23. The van der Waals surface area contributed by atoms with Gasteiger partial charge >= 0.3 is 0 Å². The van der Waals surface area contributed by atoms with Crippen molar-refractivity contribution in [2.24, 2.45) is 0 Å². The van der Waals surface area contributed by atoms with Crippen molar-refractivity contribution >= 4 is 33.6 Å². The Kier molecular flexibility index (Phi) is 5.90. The van der Waals surface area contributed by atoms with Crippen molar-refractivity contribution in [3.05, 3.63) is 70.1 Å². The molecule has 4 aromatic rings. The van der Waals surface area contributed by atoms with Gasteiger partial charge in [-0.2, -0.15) is 0 Å². The third-order valence-corrected chi connectivity index (χ3v) is 6.27. The maximum absolute atomic E-state index is 13.1. The van der Waals surface area contributed by atoms with Gasteiger partial charge < -0.3 is 29.7 Å². The second kappa shape index (κ2) is 9.17. The van der Waals surface area contributed by atoms with Crippen molar-refractivity contribution in [3.63, 3.8) is 0 Å². The second-order valence-corrected chi connectivity index (χ2v) is 8.48. The van der Waals surface area contributed by atoms with E-state index in [9.17, 15) is 14.4 Å². The Morgan fingerprint density at radius 2 is 1.91 bits per heavy atom. The molecule has 35 heavy (non-hydrogen) atoms. The number of ether oxygens (including phenoxy) is 2. The van der Waals surface area contributed by atoms with Gasteiger partial charge in [0.25, 0.3) is 5.91 Å². The summed E-state index contributed by atoms with van der Waals surface area (Å²) >= 11 is 0. The lowest BCUT2D eigenvalue weighted by atomic mass is 10.1. The van der Waals surface area contributed by atoms with E-state index >= 15 is 0 Å². The SMILES string of the molecule is CCn1cc(C(=O)N[C@@H](C)C(=O)NCCc2c[nH]c3ccccc23)c(=O)c2cc3c(cc21)OCO3. The molecule has 2 amide bonds. The molecule has 2 aromatic heterocycles. The molecule has 5 rings (SSSR count). The maximum atomic E-state index is 13.1. The summed E-state index contributed by atoms with van der Waals surface area (Å²) in [5.41, 5.74) is 2.35. The molecule has 0 spiro atoms. The number of carbonyl (C=O) groups excluding carboxylic acids is 2. The summed E-state index contributed by atoms with van der Waals surface area (Å²) in [4.78, 5) is 41.9. The van der Waals surface area contributed by atoms with Crippen LogP contribution in [0.1, 0.15) is 29.8 Å². The third kappa shape index (κ3) is 4.21. The first-order chi connectivity index (χ1) is 17.0. The molecule has 3 N–H and O–H groups in total. The lowest BCUT2D eigenvalue weighted by Crippen LogP contribution is -2.46. The largest absolute Gasteiger partial charge is 0.454 e. The summed E-state index contributed by atoms with van der Waals surface area (Å²) in [5.74, 6) is 0.112. The lowest BCUT2D eigenvalue weighted by Gasteiger charge is -2.16. The van der Waals surface area contributed by atoms with Crippen LogP contribution in [0.3, 0.4) is 0 Å². The van der Waals surface area contributed by atoms with E-state index in [0.29, 0.717) is 41.9 Å². The number of para-hydroxylation sites is 1. The summed E-state index contributed by atoms with van der Waals surface area (Å²) < 4.78 is 12.6.